The van der Waals surface area contributed by atoms with E-state index >= 15 is 0 Å². The van der Waals surface area contributed by atoms with Crippen molar-refractivity contribution in [2.75, 3.05) is 0 Å². The van der Waals surface area contributed by atoms with Crippen LogP contribution in [0.4, 0.5) is 0 Å². The van der Waals surface area contributed by atoms with E-state index in [1.165, 1.54) is 3.97 Å². The van der Waals surface area contributed by atoms with E-state index in [2.05, 4.69) is 4.72 Å². The predicted octanol–water partition coefficient (Wildman–Crippen LogP) is 3.48. The molecule has 0 saturated heterocycles. The Kier molecular flexibility index (Phi) is 4.70. The molecule has 0 bridgehead atoms. The number of para-hydroxylation sites is 1. The van der Waals surface area contributed by atoms with Gasteiger partial charge in [-0.1, -0.05) is 42.5 Å². The quantitative estimate of drug-likeness (QED) is 0.472. The van der Waals surface area contributed by atoms with Crippen molar-refractivity contribution in [1.82, 2.24) is 8.69 Å². The van der Waals surface area contributed by atoms with Gasteiger partial charge in [0.15, 0.2) is 0 Å². The molecule has 0 aliphatic rings. The molecule has 0 aliphatic heterocycles. The van der Waals surface area contributed by atoms with Crippen molar-refractivity contribution in [3.05, 3.63) is 78.4 Å². The number of nitrogens with one attached hydrogen (secondary N) is 1. The first kappa shape index (κ1) is 19.6. The van der Waals surface area contributed by atoms with Crippen LogP contribution >= 0.6 is 0 Å². The molecule has 3 aromatic carbocycles. The van der Waals surface area contributed by atoms with Crippen molar-refractivity contribution in [2.45, 2.75) is 17.9 Å². The second-order valence-corrected chi connectivity index (χ2v) is 9.66. The SMILES string of the molecule is CC(NS(=O)(=O)O)c1ccc2c(c1)c1ccccc1n2S(=O)(=O)c1ccccc1. The average Bonchev–Trinajstić information content (AvgIpc) is 3.02. The number of fused-ring (bicyclic) bond motifs is 3. The predicted molar refractivity (Wildman–Crippen MR) is 112 cm³/mol. The first-order valence-corrected chi connectivity index (χ1v) is 11.6. The molecule has 0 amide bonds. The van der Waals surface area contributed by atoms with Gasteiger partial charge >= 0.3 is 10.3 Å². The summed E-state index contributed by atoms with van der Waals surface area (Å²) in [5.74, 6) is 0. The van der Waals surface area contributed by atoms with Gasteiger partial charge in [0, 0.05) is 16.8 Å². The van der Waals surface area contributed by atoms with E-state index in [1.807, 2.05) is 12.1 Å². The summed E-state index contributed by atoms with van der Waals surface area (Å²) in [6.45, 7) is 1.59. The summed E-state index contributed by atoms with van der Waals surface area (Å²) >= 11 is 0. The van der Waals surface area contributed by atoms with Crippen LogP contribution in [0, 0.1) is 0 Å². The largest absolute Gasteiger partial charge is 0.333 e. The minimum absolute atomic E-state index is 0.174. The van der Waals surface area contributed by atoms with Gasteiger partial charge in [-0.2, -0.15) is 13.1 Å². The van der Waals surface area contributed by atoms with Crippen LogP contribution in [-0.2, 0) is 20.3 Å². The Labute approximate surface area is 168 Å². The Morgan fingerprint density at radius 1 is 0.828 bits per heavy atom. The fourth-order valence-corrected chi connectivity index (χ4v) is 5.60. The van der Waals surface area contributed by atoms with Crippen LogP contribution in [0.5, 0.6) is 0 Å². The van der Waals surface area contributed by atoms with Crippen molar-refractivity contribution < 1.29 is 21.4 Å². The number of hydrogen-bond donors (Lipinski definition) is 2. The number of nitrogens with zero attached hydrogens (tertiary/aromatic N) is 1. The molecule has 1 unspecified atom stereocenters. The lowest BCUT2D eigenvalue weighted by Crippen LogP contribution is -2.25. The summed E-state index contributed by atoms with van der Waals surface area (Å²) in [6, 6.07) is 19.6. The zero-order valence-corrected chi connectivity index (χ0v) is 17.0. The third kappa shape index (κ3) is 3.53. The second-order valence-electron chi connectivity index (χ2n) is 6.69. The Bertz CT molecular complexity index is 1430. The first-order valence-electron chi connectivity index (χ1n) is 8.77. The fourth-order valence-electron chi connectivity index (χ4n) is 3.47. The molecule has 29 heavy (non-hydrogen) atoms. The molecular weight excluding hydrogens is 412 g/mol. The highest BCUT2D eigenvalue weighted by Crippen LogP contribution is 2.34. The van der Waals surface area contributed by atoms with Crippen molar-refractivity contribution in [1.29, 1.82) is 0 Å². The van der Waals surface area contributed by atoms with Gasteiger partial charge in [0.25, 0.3) is 10.0 Å². The zero-order valence-electron chi connectivity index (χ0n) is 15.3. The normalized spacial score (nSPS) is 13.7. The molecule has 4 aromatic rings. The molecule has 0 aliphatic carbocycles. The molecular formula is C20H18N2O5S2. The maximum atomic E-state index is 13.4. The van der Waals surface area contributed by atoms with E-state index in [9.17, 15) is 16.8 Å². The lowest BCUT2D eigenvalue weighted by atomic mass is 10.1. The summed E-state index contributed by atoms with van der Waals surface area (Å²) in [4.78, 5) is 0.174. The van der Waals surface area contributed by atoms with Gasteiger partial charge in [0.1, 0.15) is 0 Å². The maximum absolute atomic E-state index is 13.4. The van der Waals surface area contributed by atoms with Crippen LogP contribution in [0.1, 0.15) is 18.5 Å². The molecule has 150 valence electrons. The molecule has 0 spiro atoms. The van der Waals surface area contributed by atoms with Gasteiger partial charge in [0.05, 0.1) is 15.9 Å². The van der Waals surface area contributed by atoms with Gasteiger partial charge in [-0.05, 0) is 42.8 Å². The summed E-state index contributed by atoms with van der Waals surface area (Å²) in [5.41, 5.74) is 1.60. The van der Waals surface area contributed by atoms with E-state index in [-0.39, 0.29) is 4.90 Å². The molecule has 7 nitrogen and oxygen atoms in total. The van der Waals surface area contributed by atoms with Crippen molar-refractivity contribution in [2.24, 2.45) is 0 Å². The summed E-state index contributed by atoms with van der Waals surface area (Å²) in [5, 5.41) is 1.39. The van der Waals surface area contributed by atoms with Gasteiger partial charge in [-0.3, -0.25) is 4.55 Å². The highest BCUT2D eigenvalue weighted by Gasteiger charge is 2.23. The summed E-state index contributed by atoms with van der Waals surface area (Å²) in [7, 11) is -8.22. The van der Waals surface area contributed by atoms with Gasteiger partial charge in [0.2, 0.25) is 0 Å². The van der Waals surface area contributed by atoms with Crippen molar-refractivity contribution >= 4 is 42.1 Å². The monoisotopic (exact) mass is 430 g/mol. The van der Waals surface area contributed by atoms with E-state index in [4.69, 9.17) is 4.55 Å². The van der Waals surface area contributed by atoms with Crippen LogP contribution in [-0.4, -0.2) is 25.4 Å². The van der Waals surface area contributed by atoms with E-state index in [0.717, 1.165) is 5.39 Å². The van der Waals surface area contributed by atoms with Crippen molar-refractivity contribution in [3.8, 4) is 0 Å². The fraction of sp³-hybridized carbons (Fsp3) is 0.100. The van der Waals surface area contributed by atoms with E-state index < -0.39 is 26.4 Å². The third-order valence-corrected chi connectivity index (χ3v) is 7.15. The minimum Gasteiger partial charge on any atom is -0.273 e. The molecule has 1 aromatic heterocycles. The lowest BCUT2D eigenvalue weighted by Gasteiger charge is -2.13. The standard InChI is InChI=1S/C20H18N2O5S2/c1-14(21-29(25,26)27)15-11-12-20-18(13-15)17-9-5-6-10-19(17)22(20)28(23,24)16-7-3-2-4-8-16/h2-14,21H,1H3,(H,25,26,27). The molecule has 1 atom stereocenters. The first-order chi connectivity index (χ1) is 13.7. The smallest absolute Gasteiger partial charge is 0.273 e. The molecule has 2 N–H and O–H groups in total. The molecule has 0 radical (unpaired) electrons. The average molecular weight is 431 g/mol. The minimum atomic E-state index is -4.37. The molecule has 1 heterocycles. The molecule has 4 rings (SSSR count). The topological polar surface area (TPSA) is 105 Å². The van der Waals surface area contributed by atoms with Crippen LogP contribution in [0.25, 0.3) is 21.8 Å². The summed E-state index contributed by atoms with van der Waals surface area (Å²) in [6.07, 6.45) is 0. The van der Waals surface area contributed by atoms with Crippen LogP contribution in [0.15, 0.2) is 77.7 Å². The molecule has 9 heteroatoms. The number of hydrogen-bond acceptors (Lipinski definition) is 4. The van der Waals surface area contributed by atoms with Gasteiger partial charge in [-0.15, -0.1) is 0 Å². The van der Waals surface area contributed by atoms with Crippen molar-refractivity contribution in [3.63, 3.8) is 0 Å². The second kappa shape index (κ2) is 6.96. The van der Waals surface area contributed by atoms with Crippen LogP contribution in [0.2, 0.25) is 0 Å². The molecule has 0 fully saturated rings. The maximum Gasteiger partial charge on any atom is 0.333 e. The Morgan fingerprint density at radius 3 is 2.14 bits per heavy atom. The van der Waals surface area contributed by atoms with Gasteiger partial charge < -0.3 is 0 Å². The third-order valence-electron chi connectivity index (χ3n) is 4.76. The van der Waals surface area contributed by atoms with Crippen LogP contribution < -0.4 is 4.72 Å². The molecule has 0 saturated carbocycles. The lowest BCUT2D eigenvalue weighted by molar-refractivity contribution is 0.458. The highest BCUT2D eigenvalue weighted by atomic mass is 32.2. The summed E-state index contributed by atoms with van der Waals surface area (Å²) < 4.78 is 61.5. The number of benzene rings is 3. The Balaban J connectivity index is 1.99. The Morgan fingerprint density at radius 2 is 1.45 bits per heavy atom. The van der Waals surface area contributed by atoms with Crippen LogP contribution in [0.3, 0.4) is 0 Å². The Hall–Kier alpha value is -2.72. The van der Waals surface area contributed by atoms with E-state index in [1.54, 1.807) is 67.6 Å². The number of rotatable bonds is 5. The van der Waals surface area contributed by atoms with Gasteiger partial charge in [-0.25, -0.2) is 12.4 Å². The zero-order chi connectivity index (χ0) is 20.8. The number of aromatic nitrogens is 1. The highest BCUT2D eigenvalue weighted by molar-refractivity contribution is 7.90. The van der Waals surface area contributed by atoms with E-state index in [0.29, 0.717) is 22.0 Å².